The highest BCUT2D eigenvalue weighted by Crippen LogP contribution is 2.28. The molecule has 6 nitrogen and oxygen atoms in total. The molecule has 0 bridgehead atoms. The van der Waals surface area contributed by atoms with Gasteiger partial charge < -0.3 is 20.3 Å². The van der Waals surface area contributed by atoms with Gasteiger partial charge in [-0.3, -0.25) is 4.79 Å². The van der Waals surface area contributed by atoms with Gasteiger partial charge in [0.2, 0.25) is 0 Å². The lowest BCUT2D eigenvalue weighted by atomic mass is 10.2. The zero-order valence-electron chi connectivity index (χ0n) is 10.3. The van der Waals surface area contributed by atoms with Gasteiger partial charge in [0.25, 0.3) is 5.91 Å². The molecule has 0 fully saturated rings. The van der Waals surface area contributed by atoms with Gasteiger partial charge in [0.1, 0.15) is 11.8 Å². The maximum absolute atomic E-state index is 11.6. The first-order valence-electron chi connectivity index (χ1n) is 5.65. The normalized spacial score (nSPS) is 11.8. The highest BCUT2D eigenvalue weighted by molar-refractivity contribution is 9.11. The van der Waals surface area contributed by atoms with Crippen LogP contribution in [0.2, 0.25) is 0 Å². The Bertz CT molecular complexity index is 495. The predicted octanol–water partition coefficient (Wildman–Crippen LogP) is 1.54. The fourth-order valence-corrected chi connectivity index (χ4v) is 2.52. The maximum atomic E-state index is 11.6. The monoisotopic (exact) mass is 409 g/mol. The molecule has 0 aromatic heterocycles. The molecule has 1 rings (SSSR count). The second-order valence-corrected chi connectivity index (χ2v) is 5.60. The number of amides is 1. The lowest BCUT2D eigenvalue weighted by Gasteiger charge is -2.14. The molecule has 0 saturated heterocycles. The van der Waals surface area contributed by atoms with Crippen LogP contribution in [0.5, 0.6) is 5.75 Å². The van der Waals surface area contributed by atoms with E-state index in [9.17, 15) is 9.59 Å². The minimum absolute atomic E-state index is 0.0525. The highest BCUT2D eigenvalue weighted by Gasteiger charge is 2.19. The van der Waals surface area contributed by atoms with E-state index in [1.807, 2.05) is 0 Å². The van der Waals surface area contributed by atoms with Gasteiger partial charge >= 0.3 is 5.97 Å². The largest absolute Gasteiger partial charge is 0.483 e. The summed E-state index contributed by atoms with van der Waals surface area (Å²) in [5.41, 5.74) is 0. The fraction of sp³-hybridized carbons (Fsp3) is 0.333. The number of rotatable bonds is 7. The Labute approximate surface area is 132 Å². The highest BCUT2D eigenvalue weighted by atomic mass is 79.9. The molecule has 110 valence electrons. The Balaban J connectivity index is 2.52. The number of carbonyl (C=O) groups is 2. The number of aliphatic hydroxyl groups excluding tert-OH is 1. The third-order valence-electron chi connectivity index (χ3n) is 2.30. The van der Waals surface area contributed by atoms with Gasteiger partial charge in [0, 0.05) is 17.5 Å². The van der Waals surface area contributed by atoms with Crippen LogP contribution in [0.25, 0.3) is 0 Å². The van der Waals surface area contributed by atoms with Gasteiger partial charge in [-0.15, -0.1) is 0 Å². The van der Waals surface area contributed by atoms with Crippen molar-refractivity contribution in [2.75, 3.05) is 13.2 Å². The smallest absolute Gasteiger partial charge is 0.326 e. The topological polar surface area (TPSA) is 95.9 Å². The van der Waals surface area contributed by atoms with Crippen molar-refractivity contribution in [3.63, 3.8) is 0 Å². The van der Waals surface area contributed by atoms with Gasteiger partial charge in [0.05, 0.1) is 4.47 Å². The zero-order valence-corrected chi connectivity index (χ0v) is 13.5. The Morgan fingerprint density at radius 2 is 2.05 bits per heavy atom. The van der Waals surface area contributed by atoms with Crippen LogP contribution in [0, 0.1) is 0 Å². The van der Waals surface area contributed by atoms with E-state index in [1.165, 1.54) is 0 Å². The van der Waals surface area contributed by atoms with Crippen molar-refractivity contribution in [3.05, 3.63) is 27.1 Å². The molecule has 0 saturated carbocycles. The van der Waals surface area contributed by atoms with Crippen LogP contribution in [0.1, 0.15) is 6.42 Å². The second kappa shape index (κ2) is 8.23. The number of ether oxygens (including phenoxy) is 1. The third kappa shape index (κ3) is 5.48. The summed E-state index contributed by atoms with van der Waals surface area (Å²) >= 11 is 6.57. The van der Waals surface area contributed by atoms with E-state index in [0.29, 0.717) is 10.2 Å². The van der Waals surface area contributed by atoms with Crippen molar-refractivity contribution in [2.24, 2.45) is 0 Å². The van der Waals surface area contributed by atoms with Gasteiger partial charge in [-0.25, -0.2) is 4.79 Å². The van der Waals surface area contributed by atoms with E-state index in [-0.39, 0.29) is 19.6 Å². The number of carbonyl (C=O) groups excluding carboxylic acids is 1. The summed E-state index contributed by atoms with van der Waals surface area (Å²) in [5, 5.41) is 19.8. The lowest BCUT2D eigenvalue weighted by Crippen LogP contribution is -2.43. The first-order chi connectivity index (χ1) is 9.43. The molecule has 0 radical (unpaired) electrons. The number of carboxylic acids is 1. The maximum Gasteiger partial charge on any atom is 0.326 e. The first-order valence-corrected chi connectivity index (χ1v) is 7.23. The summed E-state index contributed by atoms with van der Waals surface area (Å²) in [7, 11) is 0. The quantitative estimate of drug-likeness (QED) is 0.633. The molecule has 0 spiro atoms. The van der Waals surface area contributed by atoms with Crippen molar-refractivity contribution in [1.29, 1.82) is 0 Å². The standard InChI is InChI=1S/C12H13Br2NO5/c13-7-1-2-10(8(14)5-7)20-6-11(17)15-9(3-4-16)12(18)19/h1-2,5,9,16H,3-4,6H2,(H,15,17)(H,18,19). The average molecular weight is 411 g/mol. The summed E-state index contributed by atoms with van der Waals surface area (Å²) in [6, 6.07) is 4.07. The summed E-state index contributed by atoms with van der Waals surface area (Å²) in [5.74, 6) is -1.30. The van der Waals surface area contributed by atoms with Crippen molar-refractivity contribution in [3.8, 4) is 5.75 Å². The van der Waals surface area contributed by atoms with E-state index in [0.717, 1.165) is 4.47 Å². The van der Waals surface area contributed by atoms with Gasteiger partial charge in [0.15, 0.2) is 6.61 Å². The van der Waals surface area contributed by atoms with Crippen molar-refractivity contribution in [2.45, 2.75) is 12.5 Å². The van der Waals surface area contributed by atoms with Crippen molar-refractivity contribution >= 4 is 43.7 Å². The summed E-state index contributed by atoms with van der Waals surface area (Å²) < 4.78 is 6.80. The van der Waals surface area contributed by atoms with Crippen LogP contribution < -0.4 is 10.1 Å². The summed E-state index contributed by atoms with van der Waals surface area (Å²) in [4.78, 5) is 22.4. The molecule has 0 aliphatic rings. The predicted molar refractivity (Wildman–Crippen MR) is 78.6 cm³/mol. The molecule has 1 aromatic rings. The molecule has 3 N–H and O–H groups in total. The number of halogens is 2. The van der Waals surface area contributed by atoms with Crippen LogP contribution in [0.15, 0.2) is 27.1 Å². The van der Waals surface area contributed by atoms with Crippen LogP contribution in [0.3, 0.4) is 0 Å². The number of nitrogens with one attached hydrogen (secondary N) is 1. The minimum atomic E-state index is -1.20. The molecule has 1 amide bonds. The molecule has 1 aromatic carbocycles. The van der Waals surface area contributed by atoms with Gasteiger partial charge in [-0.1, -0.05) is 15.9 Å². The van der Waals surface area contributed by atoms with E-state index in [1.54, 1.807) is 18.2 Å². The number of benzene rings is 1. The Kier molecular flexibility index (Phi) is 6.97. The van der Waals surface area contributed by atoms with Gasteiger partial charge in [-0.2, -0.15) is 0 Å². The lowest BCUT2D eigenvalue weighted by molar-refractivity contribution is -0.142. The Morgan fingerprint density at radius 3 is 2.60 bits per heavy atom. The van der Waals surface area contributed by atoms with Crippen molar-refractivity contribution in [1.82, 2.24) is 5.32 Å². The Hall–Kier alpha value is -1.12. The summed E-state index contributed by atoms with van der Waals surface area (Å²) in [6.45, 7) is -0.633. The molecule has 8 heteroatoms. The number of carboxylic acid groups (broad SMARTS) is 1. The van der Waals surface area contributed by atoms with Crippen molar-refractivity contribution < 1.29 is 24.5 Å². The summed E-state index contributed by atoms with van der Waals surface area (Å²) in [6.07, 6.45) is -0.0525. The fourth-order valence-electron chi connectivity index (χ4n) is 1.36. The number of hydrogen-bond donors (Lipinski definition) is 3. The average Bonchev–Trinajstić information content (AvgIpc) is 2.37. The minimum Gasteiger partial charge on any atom is -0.483 e. The number of aliphatic hydroxyl groups is 1. The second-order valence-electron chi connectivity index (χ2n) is 3.83. The number of hydrogen-bond acceptors (Lipinski definition) is 4. The molecule has 20 heavy (non-hydrogen) atoms. The van der Waals surface area contributed by atoms with E-state index in [4.69, 9.17) is 14.9 Å². The van der Waals surface area contributed by atoms with Crippen LogP contribution >= 0.6 is 31.9 Å². The molecule has 1 unspecified atom stereocenters. The number of aliphatic carboxylic acids is 1. The van der Waals surface area contributed by atoms with E-state index >= 15 is 0 Å². The van der Waals surface area contributed by atoms with Gasteiger partial charge in [-0.05, 0) is 34.1 Å². The van der Waals surface area contributed by atoms with Crippen LogP contribution in [0.4, 0.5) is 0 Å². The molecule has 1 atom stereocenters. The molecule has 0 heterocycles. The SMILES string of the molecule is O=C(COc1ccc(Br)cc1Br)NC(CCO)C(=O)O. The molecule has 0 aliphatic heterocycles. The van der Waals surface area contributed by atoms with E-state index < -0.39 is 17.9 Å². The van der Waals surface area contributed by atoms with Crippen LogP contribution in [-0.2, 0) is 9.59 Å². The molecular formula is C12H13Br2NO5. The molecule has 0 aliphatic carbocycles. The third-order valence-corrected chi connectivity index (χ3v) is 3.42. The zero-order chi connectivity index (χ0) is 15.1. The van der Waals surface area contributed by atoms with E-state index in [2.05, 4.69) is 37.2 Å². The van der Waals surface area contributed by atoms with Crippen LogP contribution in [-0.4, -0.2) is 41.3 Å². The Morgan fingerprint density at radius 1 is 1.35 bits per heavy atom. The molecular weight excluding hydrogens is 398 g/mol. The first kappa shape index (κ1) is 16.9.